The Balaban J connectivity index is 1.87. The molecule has 0 radical (unpaired) electrons. The molecule has 0 spiro atoms. The minimum absolute atomic E-state index is 0.0230. The lowest BCUT2D eigenvalue weighted by molar-refractivity contribution is -0.149. The van der Waals surface area contributed by atoms with Gasteiger partial charge in [0, 0.05) is 6.61 Å². The summed E-state index contributed by atoms with van der Waals surface area (Å²) in [5.74, 6) is 0.217. The quantitative estimate of drug-likeness (QED) is 0.348. The zero-order valence-corrected chi connectivity index (χ0v) is 13.9. The summed E-state index contributed by atoms with van der Waals surface area (Å²) in [7, 11) is 0. The van der Waals surface area contributed by atoms with Gasteiger partial charge in [0.25, 0.3) is 0 Å². The van der Waals surface area contributed by atoms with Gasteiger partial charge in [-0.25, -0.2) is 0 Å². The van der Waals surface area contributed by atoms with Crippen LogP contribution in [0.25, 0.3) is 0 Å². The second-order valence-electron chi connectivity index (χ2n) is 6.36. The molecule has 124 valence electrons. The zero-order valence-electron chi connectivity index (χ0n) is 13.9. The van der Waals surface area contributed by atoms with E-state index in [4.69, 9.17) is 14.2 Å². The molecule has 0 aromatic rings. The number of carbonyl (C=O) groups excluding carboxylic acids is 1. The van der Waals surface area contributed by atoms with Crippen LogP contribution in [-0.4, -0.2) is 32.1 Å². The predicted molar refractivity (Wildman–Crippen MR) is 83.0 cm³/mol. The summed E-state index contributed by atoms with van der Waals surface area (Å²) in [5.41, 5.74) is 0. The predicted octanol–water partition coefficient (Wildman–Crippen LogP) is 3.93. The molecule has 0 heterocycles. The molecule has 21 heavy (non-hydrogen) atoms. The summed E-state index contributed by atoms with van der Waals surface area (Å²) in [6.07, 6.45) is 8.40. The van der Waals surface area contributed by atoms with Crippen LogP contribution in [0.2, 0.25) is 0 Å². The van der Waals surface area contributed by atoms with Gasteiger partial charge in [-0.05, 0) is 31.6 Å². The minimum Gasteiger partial charge on any atom is -0.465 e. The molecule has 0 N–H and O–H groups in total. The summed E-state index contributed by atoms with van der Waals surface area (Å²) in [4.78, 5) is 11.6. The second-order valence-corrected chi connectivity index (χ2v) is 6.36. The third-order valence-corrected chi connectivity index (χ3v) is 4.24. The first-order valence-corrected chi connectivity index (χ1v) is 8.47. The molecule has 1 rings (SSSR count). The van der Waals surface area contributed by atoms with Crippen molar-refractivity contribution in [1.82, 2.24) is 0 Å². The molecular formula is C17H32O4. The van der Waals surface area contributed by atoms with Crippen LogP contribution >= 0.6 is 0 Å². The molecule has 0 amide bonds. The number of esters is 1. The Morgan fingerprint density at radius 1 is 1.05 bits per heavy atom. The van der Waals surface area contributed by atoms with Crippen molar-refractivity contribution in [3.63, 3.8) is 0 Å². The Morgan fingerprint density at radius 2 is 1.71 bits per heavy atom. The fourth-order valence-corrected chi connectivity index (χ4v) is 2.32. The van der Waals surface area contributed by atoms with Gasteiger partial charge in [0.15, 0.2) is 0 Å². The standard InChI is InChI=1S/C17H32O4/c1-14(2)15(3)17(18)20-12-8-7-11-19-13-21-16-9-5-4-6-10-16/h14-16H,4-13H2,1-3H3. The van der Waals surface area contributed by atoms with Crippen LogP contribution in [-0.2, 0) is 19.0 Å². The van der Waals surface area contributed by atoms with Crippen molar-refractivity contribution >= 4 is 5.97 Å². The van der Waals surface area contributed by atoms with Crippen molar-refractivity contribution in [1.29, 1.82) is 0 Å². The van der Waals surface area contributed by atoms with E-state index >= 15 is 0 Å². The smallest absolute Gasteiger partial charge is 0.308 e. The molecule has 0 aliphatic heterocycles. The van der Waals surface area contributed by atoms with Gasteiger partial charge in [0.2, 0.25) is 0 Å². The molecule has 0 bridgehead atoms. The van der Waals surface area contributed by atoms with Gasteiger partial charge in [-0.1, -0.05) is 40.0 Å². The van der Waals surface area contributed by atoms with Crippen LogP contribution in [0.3, 0.4) is 0 Å². The van der Waals surface area contributed by atoms with Gasteiger partial charge in [-0.2, -0.15) is 0 Å². The molecule has 0 aromatic carbocycles. The van der Waals surface area contributed by atoms with E-state index in [2.05, 4.69) is 0 Å². The number of rotatable bonds is 10. The third kappa shape index (κ3) is 8.42. The van der Waals surface area contributed by atoms with Crippen molar-refractivity contribution in [2.75, 3.05) is 20.0 Å². The lowest BCUT2D eigenvalue weighted by Gasteiger charge is -2.21. The van der Waals surface area contributed by atoms with Crippen LogP contribution in [0, 0.1) is 11.8 Å². The highest BCUT2D eigenvalue weighted by atomic mass is 16.7. The molecule has 1 aliphatic rings. The molecule has 1 atom stereocenters. The average molecular weight is 300 g/mol. The van der Waals surface area contributed by atoms with Gasteiger partial charge in [-0.15, -0.1) is 0 Å². The highest BCUT2D eigenvalue weighted by Crippen LogP contribution is 2.20. The maximum Gasteiger partial charge on any atom is 0.308 e. The Labute approximate surface area is 129 Å². The van der Waals surface area contributed by atoms with E-state index in [0.29, 0.717) is 32.0 Å². The van der Waals surface area contributed by atoms with E-state index < -0.39 is 0 Å². The molecule has 4 heteroatoms. The van der Waals surface area contributed by atoms with Gasteiger partial charge in [0.1, 0.15) is 6.79 Å². The first-order valence-electron chi connectivity index (χ1n) is 8.47. The number of ether oxygens (including phenoxy) is 3. The molecule has 1 saturated carbocycles. The van der Waals surface area contributed by atoms with E-state index in [1.807, 2.05) is 20.8 Å². The van der Waals surface area contributed by atoms with E-state index in [1.54, 1.807) is 0 Å². The monoisotopic (exact) mass is 300 g/mol. The summed E-state index contributed by atoms with van der Waals surface area (Å²) >= 11 is 0. The fourth-order valence-electron chi connectivity index (χ4n) is 2.32. The van der Waals surface area contributed by atoms with Gasteiger partial charge < -0.3 is 14.2 Å². The molecule has 0 aromatic heterocycles. The van der Waals surface area contributed by atoms with Gasteiger partial charge >= 0.3 is 5.97 Å². The summed E-state index contributed by atoms with van der Waals surface area (Å²) in [6, 6.07) is 0. The van der Waals surface area contributed by atoms with Crippen molar-refractivity contribution in [3.8, 4) is 0 Å². The van der Waals surface area contributed by atoms with Gasteiger partial charge in [-0.3, -0.25) is 4.79 Å². The topological polar surface area (TPSA) is 44.8 Å². The average Bonchev–Trinajstić information content (AvgIpc) is 2.49. The van der Waals surface area contributed by atoms with Crippen molar-refractivity contribution in [3.05, 3.63) is 0 Å². The Kier molecular flexibility index (Phi) is 9.68. The van der Waals surface area contributed by atoms with Crippen molar-refractivity contribution in [2.45, 2.75) is 71.8 Å². The summed E-state index contributed by atoms with van der Waals surface area (Å²) in [5, 5.41) is 0. The van der Waals surface area contributed by atoms with Crippen LogP contribution < -0.4 is 0 Å². The normalized spacial score (nSPS) is 17.9. The molecular weight excluding hydrogens is 268 g/mol. The lowest BCUT2D eigenvalue weighted by Crippen LogP contribution is -2.20. The maximum absolute atomic E-state index is 11.6. The highest BCUT2D eigenvalue weighted by Gasteiger charge is 2.17. The van der Waals surface area contributed by atoms with Crippen molar-refractivity contribution in [2.24, 2.45) is 11.8 Å². The largest absolute Gasteiger partial charge is 0.465 e. The summed E-state index contributed by atoms with van der Waals surface area (Å²) in [6.45, 7) is 7.54. The number of unbranched alkanes of at least 4 members (excludes halogenated alkanes) is 1. The molecule has 1 fully saturated rings. The lowest BCUT2D eigenvalue weighted by atomic mass is 9.98. The third-order valence-electron chi connectivity index (χ3n) is 4.24. The van der Waals surface area contributed by atoms with Crippen LogP contribution in [0.15, 0.2) is 0 Å². The summed E-state index contributed by atoms with van der Waals surface area (Å²) < 4.78 is 16.4. The van der Waals surface area contributed by atoms with Crippen LogP contribution in [0.4, 0.5) is 0 Å². The maximum atomic E-state index is 11.6. The van der Waals surface area contributed by atoms with E-state index in [-0.39, 0.29) is 11.9 Å². The van der Waals surface area contributed by atoms with E-state index in [9.17, 15) is 4.79 Å². The number of hydrogen-bond acceptors (Lipinski definition) is 4. The fraction of sp³-hybridized carbons (Fsp3) is 0.941. The number of hydrogen-bond donors (Lipinski definition) is 0. The zero-order chi connectivity index (χ0) is 15.5. The Bertz CT molecular complexity index is 272. The minimum atomic E-state index is -0.0912. The Morgan fingerprint density at radius 3 is 2.38 bits per heavy atom. The highest BCUT2D eigenvalue weighted by molar-refractivity contribution is 5.72. The van der Waals surface area contributed by atoms with Crippen LogP contribution in [0.1, 0.15) is 65.7 Å². The first-order chi connectivity index (χ1) is 10.1. The van der Waals surface area contributed by atoms with E-state index in [0.717, 1.165) is 12.8 Å². The van der Waals surface area contributed by atoms with Crippen LogP contribution in [0.5, 0.6) is 0 Å². The van der Waals surface area contributed by atoms with Crippen molar-refractivity contribution < 1.29 is 19.0 Å². The molecule has 1 unspecified atom stereocenters. The molecule has 0 saturated heterocycles. The SMILES string of the molecule is CC(C)C(C)C(=O)OCCCCOCOC1CCCCC1. The number of carbonyl (C=O) groups is 1. The van der Waals surface area contributed by atoms with E-state index in [1.165, 1.54) is 32.1 Å². The first kappa shape index (κ1) is 18.4. The van der Waals surface area contributed by atoms with Gasteiger partial charge in [0.05, 0.1) is 18.6 Å². The molecule has 1 aliphatic carbocycles. The Hall–Kier alpha value is -0.610. The molecule has 4 nitrogen and oxygen atoms in total. The second kappa shape index (κ2) is 11.0.